The number of nitriles is 1. The van der Waals surface area contributed by atoms with Crippen molar-refractivity contribution in [2.45, 2.75) is 31.8 Å². The smallest absolute Gasteiger partial charge is 0.165 e. The molecule has 0 saturated heterocycles. The molecule has 0 radical (unpaired) electrons. The molecular weight excluding hydrogens is 231 g/mol. The first-order chi connectivity index (χ1) is 8.74. The Bertz CT molecular complexity index is 452. The van der Waals surface area contributed by atoms with Gasteiger partial charge < -0.3 is 4.74 Å². The van der Waals surface area contributed by atoms with Gasteiger partial charge in [0.05, 0.1) is 13.2 Å². The van der Waals surface area contributed by atoms with Gasteiger partial charge in [0.25, 0.3) is 0 Å². The maximum absolute atomic E-state index is 13.6. The zero-order valence-electron chi connectivity index (χ0n) is 10.5. The minimum Gasteiger partial charge on any atom is -0.494 e. The predicted molar refractivity (Wildman–Crippen MR) is 66.6 cm³/mol. The molecule has 0 bridgehead atoms. The summed E-state index contributed by atoms with van der Waals surface area (Å²) in [4.78, 5) is 2.25. The molecule has 0 unspecified atom stereocenters. The van der Waals surface area contributed by atoms with Crippen molar-refractivity contribution in [1.82, 2.24) is 4.90 Å². The molecule has 0 spiro atoms. The lowest BCUT2D eigenvalue weighted by Gasteiger charge is -2.20. The molecule has 0 amide bonds. The lowest BCUT2D eigenvalue weighted by Crippen LogP contribution is -2.26. The fourth-order valence-corrected chi connectivity index (χ4v) is 2.07. The highest BCUT2D eigenvalue weighted by molar-refractivity contribution is 5.29. The van der Waals surface area contributed by atoms with Crippen molar-refractivity contribution >= 4 is 0 Å². The van der Waals surface area contributed by atoms with Gasteiger partial charge in [-0.15, -0.1) is 0 Å². The number of hydrogen-bond acceptors (Lipinski definition) is 3. The van der Waals surface area contributed by atoms with Crippen LogP contribution in [-0.4, -0.2) is 24.6 Å². The topological polar surface area (TPSA) is 36.3 Å². The summed E-state index contributed by atoms with van der Waals surface area (Å²) in [5.41, 5.74) is 0.929. The molecule has 0 atom stereocenters. The zero-order chi connectivity index (χ0) is 13.0. The Morgan fingerprint density at radius 1 is 1.50 bits per heavy atom. The van der Waals surface area contributed by atoms with E-state index in [0.717, 1.165) is 12.1 Å². The van der Waals surface area contributed by atoms with E-state index < -0.39 is 0 Å². The number of methoxy groups -OCH3 is 1. The quantitative estimate of drug-likeness (QED) is 0.776. The second-order valence-electron chi connectivity index (χ2n) is 4.58. The number of benzene rings is 1. The van der Waals surface area contributed by atoms with Crippen molar-refractivity contribution in [2.24, 2.45) is 0 Å². The molecule has 96 valence electrons. The Kier molecular flexibility index (Phi) is 4.16. The first-order valence-corrected chi connectivity index (χ1v) is 6.18. The van der Waals surface area contributed by atoms with Crippen LogP contribution in [0.4, 0.5) is 4.39 Å². The van der Waals surface area contributed by atoms with E-state index in [1.807, 2.05) is 6.07 Å². The Hall–Kier alpha value is -1.60. The molecule has 1 aromatic rings. The van der Waals surface area contributed by atoms with E-state index in [1.165, 1.54) is 26.0 Å². The lowest BCUT2D eigenvalue weighted by atomic mass is 10.2. The highest BCUT2D eigenvalue weighted by atomic mass is 19.1. The van der Waals surface area contributed by atoms with E-state index in [0.29, 0.717) is 19.0 Å². The van der Waals surface area contributed by atoms with Gasteiger partial charge in [0.1, 0.15) is 0 Å². The second-order valence-corrected chi connectivity index (χ2v) is 4.58. The van der Waals surface area contributed by atoms with Crippen LogP contribution in [0.1, 0.15) is 24.8 Å². The normalized spacial score (nSPS) is 14.6. The van der Waals surface area contributed by atoms with Gasteiger partial charge in [-0.1, -0.05) is 6.07 Å². The molecule has 3 nitrogen and oxygen atoms in total. The van der Waals surface area contributed by atoms with Gasteiger partial charge in [0, 0.05) is 25.6 Å². The van der Waals surface area contributed by atoms with Crippen molar-refractivity contribution in [1.29, 1.82) is 5.26 Å². The predicted octanol–water partition coefficient (Wildman–Crippen LogP) is 2.71. The van der Waals surface area contributed by atoms with Gasteiger partial charge in [0.15, 0.2) is 11.6 Å². The van der Waals surface area contributed by atoms with Gasteiger partial charge in [-0.2, -0.15) is 5.26 Å². The first kappa shape index (κ1) is 12.8. The molecular formula is C14H17FN2O. The van der Waals surface area contributed by atoms with Gasteiger partial charge >= 0.3 is 0 Å². The van der Waals surface area contributed by atoms with Crippen LogP contribution in [0.3, 0.4) is 0 Å². The zero-order valence-corrected chi connectivity index (χ0v) is 10.5. The van der Waals surface area contributed by atoms with Crippen LogP contribution in [0, 0.1) is 17.1 Å². The average molecular weight is 248 g/mol. The third-order valence-electron chi connectivity index (χ3n) is 3.18. The summed E-state index contributed by atoms with van der Waals surface area (Å²) >= 11 is 0. The van der Waals surface area contributed by atoms with Crippen LogP contribution < -0.4 is 4.74 Å². The van der Waals surface area contributed by atoms with Crippen LogP contribution in [-0.2, 0) is 6.54 Å². The number of halogens is 1. The molecule has 18 heavy (non-hydrogen) atoms. The van der Waals surface area contributed by atoms with E-state index in [4.69, 9.17) is 10.00 Å². The van der Waals surface area contributed by atoms with Gasteiger partial charge in [-0.3, -0.25) is 4.90 Å². The number of nitrogens with zero attached hydrogens (tertiary/aromatic N) is 2. The van der Waals surface area contributed by atoms with Gasteiger partial charge in [0.2, 0.25) is 0 Å². The summed E-state index contributed by atoms with van der Waals surface area (Å²) in [6.45, 7) is 1.46. The second kappa shape index (κ2) is 5.83. The van der Waals surface area contributed by atoms with E-state index in [2.05, 4.69) is 11.0 Å². The van der Waals surface area contributed by atoms with Crippen molar-refractivity contribution in [2.75, 3.05) is 13.7 Å². The molecule has 4 heteroatoms. The Morgan fingerprint density at radius 3 is 2.83 bits per heavy atom. The molecule has 2 rings (SSSR count). The Morgan fingerprint density at radius 2 is 2.28 bits per heavy atom. The summed E-state index contributed by atoms with van der Waals surface area (Å²) in [6.07, 6.45) is 2.89. The van der Waals surface area contributed by atoms with Crippen LogP contribution in [0.5, 0.6) is 5.75 Å². The summed E-state index contributed by atoms with van der Waals surface area (Å²) in [5.74, 6) is -0.0558. The maximum atomic E-state index is 13.6. The van der Waals surface area contributed by atoms with E-state index >= 15 is 0 Å². The fraction of sp³-hybridized carbons (Fsp3) is 0.500. The van der Waals surface area contributed by atoms with Crippen molar-refractivity contribution in [3.63, 3.8) is 0 Å². The van der Waals surface area contributed by atoms with Crippen molar-refractivity contribution < 1.29 is 9.13 Å². The minimum atomic E-state index is -0.328. The van der Waals surface area contributed by atoms with E-state index in [9.17, 15) is 4.39 Å². The van der Waals surface area contributed by atoms with Crippen LogP contribution >= 0.6 is 0 Å². The monoisotopic (exact) mass is 248 g/mol. The van der Waals surface area contributed by atoms with Crippen LogP contribution in [0.15, 0.2) is 18.2 Å². The van der Waals surface area contributed by atoms with Crippen LogP contribution in [0.25, 0.3) is 0 Å². The van der Waals surface area contributed by atoms with Gasteiger partial charge in [-0.05, 0) is 30.5 Å². The molecule has 0 heterocycles. The summed E-state index contributed by atoms with van der Waals surface area (Å²) in [5, 5.41) is 8.64. The maximum Gasteiger partial charge on any atom is 0.165 e. The van der Waals surface area contributed by atoms with Crippen molar-refractivity contribution in [3.8, 4) is 11.8 Å². The summed E-state index contributed by atoms with van der Waals surface area (Å²) in [6, 6.07) is 7.78. The molecule has 1 saturated carbocycles. The largest absolute Gasteiger partial charge is 0.494 e. The molecule has 0 aromatic heterocycles. The highest BCUT2D eigenvalue weighted by Crippen LogP contribution is 2.29. The first-order valence-electron chi connectivity index (χ1n) is 6.18. The molecule has 1 aliphatic rings. The third-order valence-corrected chi connectivity index (χ3v) is 3.18. The van der Waals surface area contributed by atoms with E-state index in [1.54, 1.807) is 6.07 Å². The van der Waals surface area contributed by atoms with Crippen LogP contribution in [0.2, 0.25) is 0 Å². The molecule has 1 aliphatic carbocycles. The molecule has 0 aliphatic heterocycles. The molecule has 0 N–H and O–H groups in total. The SMILES string of the molecule is COc1ccc(CN(CCC#N)C2CC2)cc1F. The molecule has 1 fully saturated rings. The van der Waals surface area contributed by atoms with E-state index in [-0.39, 0.29) is 11.6 Å². The number of hydrogen-bond donors (Lipinski definition) is 0. The third kappa shape index (κ3) is 3.21. The average Bonchev–Trinajstić information content (AvgIpc) is 3.19. The highest BCUT2D eigenvalue weighted by Gasteiger charge is 2.28. The number of ether oxygens (including phenoxy) is 1. The minimum absolute atomic E-state index is 0.272. The molecule has 1 aromatic carbocycles. The standard InChI is InChI=1S/C14H17FN2O/c1-18-14-6-3-11(9-13(14)15)10-17(8-2-7-16)12-4-5-12/h3,6,9,12H,2,4-5,8,10H2,1H3. The summed E-state index contributed by atoms with van der Waals surface area (Å²) in [7, 11) is 1.46. The van der Waals surface area contributed by atoms with Gasteiger partial charge in [-0.25, -0.2) is 4.39 Å². The van der Waals surface area contributed by atoms with Crippen molar-refractivity contribution in [3.05, 3.63) is 29.6 Å². The summed E-state index contributed by atoms with van der Waals surface area (Å²) < 4.78 is 18.5. The Labute approximate surface area is 107 Å². The lowest BCUT2D eigenvalue weighted by molar-refractivity contribution is 0.260. The Balaban J connectivity index is 2.02. The number of rotatable bonds is 6. The fourth-order valence-electron chi connectivity index (χ4n) is 2.07.